The SMILES string of the molecule is c1ccc(-c2ccccc2-c2ccc(N(c3ccc(-c4ccc(-c5cccc(-c6ccc7ccccc7c6)c5)cc4)cc3)c3ccc(-c4cccc5c4oc4ccccc45)cc3)cc2)cc1. The van der Waals surface area contributed by atoms with Crippen LogP contribution >= 0.6 is 0 Å². The van der Waals surface area contributed by atoms with E-state index in [1.807, 2.05) is 12.1 Å². The zero-order valence-corrected chi connectivity index (χ0v) is 36.2. The normalized spacial score (nSPS) is 11.3. The van der Waals surface area contributed by atoms with E-state index >= 15 is 0 Å². The molecular formula is C64H43NO. The molecule has 0 radical (unpaired) electrons. The van der Waals surface area contributed by atoms with Crippen LogP contribution in [0.1, 0.15) is 0 Å². The van der Waals surface area contributed by atoms with Gasteiger partial charge >= 0.3 is 0 Å². The van der Waals surface area contributed by atoms with E-state index in [1.165, 1.54) is 60.8 Å². The lowest BCUT2D eigenvalue weighted by Gasteiger charge is -2.26. The van der Waals surface area contributed by atoms with E-state index in [2.05, 4.69) is 254 Å². The topological polar surface area (TPSA) is 16.4 Å². The van der Waals surface area contributed by atoms with E-state index in [4.69, 9.17) is 4.42 Å². The molecule has 1 aromatic heterocycles. The van der Waals surface area contributed by atoms with Gasteiger partial charge in [0.2, 0.25) is 0 Å². The fraction of sp³-hybridized carbons (Fsp3) is 0. The average molecular weight is 842 g/mol. The van der Waals surface area contributed by atoms with Gasteiger partial charge in [0.15, 0.2) is 0 Å². The molecule has 0 aliphatic heterocycles. The van der Waals surface area contributed by atoms with E-state index < -0.39 is 0 Å². The maximum absolute atomic E-state index is 6.44. The molecule has 2 nitrogen and oxygen atoms in total. The highest BCUT2D eigenvalue weighted by Gasteiger charge is 2.17. The second-order valence-electron chi connectivity index (χ2n) is 16.9. The van der Waals surface area contributed by atoms with E-state index in [-0.39, 0.29) is 0 Å². The van der Waals surface area contributed by atoms with Crippen molar-refractivity contribution in [2.45, 2.75) is 0 Å². The standard InChI is InChI=1S/C64H43NO/c1-2-13-48(14-3-1)58-18-6-7-19-59(58)49-32-38-56(39-33-49)65(57-40-34-50(35-41-57)60-21-11-22-62-61-20-8-9-23-63(61)66-64(60)62)55-36-30-46(31-37-55)45-24-26-47(27-25-45)52-16-10-17-53(42-52)54-29-28-44-12-4-5-15-51(44)43-54/h1-43H. The van der Waals surface area contributed by atoms with Gasteiger partial charge in [0, 0.05) is 33.4 Å². The Hall–Kier alpha value is -8.72. The second-order valence-corrected chi connectivity index (χ2v) is 16.9. The Bertz CT molecular complexity index is 3660. The molecule has 12 rings (SSSR count). The Balaban J connectivity index is 0.869. The monoisotopic (exact) mass is 841 g/mol. The van der Waals surface area contributed by atoms with Gasteiger partial charge < -0.3 is 9.32 Å². The van der Waals surface area contributed by atoms with Crippen molar-refractivity contribution in [3.63, 3.8) is 0 Å². The van der Waals surface area contributed by atoms with Gasteiger partial charge in [-0.25, -0.2) is 0 Å². The molecule has 0 fully saturated rings. The first-order valence-corrected chi connectivity index (χ1v) is 22.6. The Morgan fingerprint density at radius 1 is 0.242 bits per heavy atom. The minimum absolute atomic E-state index is 0.902. The summed E-state index contributed by atoms with van der Waals surface area (Å²) in [6.45, 7) is 0. The molecule has 0 aliphatic rings. The second kappa shape index (κ2) is 16.8. The van der Waals surface area contributed by atoms with Gasteiger partial charge in [-0.1, -0.05) is 206 Å². The van der Waals surface area contributed by atoms with Crippen LogP contribution < -0.4 is 4.90 Å². The number of rotatable bonds is 9. The molecule has 12 aromatic rings. The summed E-state index contributed by atoms with van der Waals surface area (Å²) in [4.78, 5) is 2.34. The number of fused-ring (bicyclic) bond motifs is 4. The Morgan fingerprint density at radius 3 is 1.32 bits per heavy atom. The summed E-state index contributed by atoms with van der Waals surface area (Å²) >= 11 is 0. The van der Waals surface area contributed by atoms with Gasteiger partial charge in [-0.15, -0.1) is 0 Å². The van der Waals surface area contributed by atoms with Gasteiger partial charge in [-0.05, 0) is 127 Å². The third kappa shape index (κ3) is 7.31. The highest BCUT2D eigenvalue weighted by molar-refractivity contribution is 6.09. The Kier molecular flexibility index (Phi) is 9.89. The van der Waals surface area contributed by atoms with Crippen molar-refractivity contribution in [3.8, 4) is 66.8 Å². The van der Waals surface area contributed by atoms with Crippen LogP contribution in [0.5, 0.6) is 0 Å². The fourth-order valence-electron chi connectivity index (χ4n) is 9.51. The average Bonchev–Trinajstić information content (AvgIpc) is 3.79. The molecule has 0 spiro atoms. The molecule has 0 aliphatic carbocycles. The summed E-state index contributed by atoms with van der Waals surface area (Å²) in [6.07, 6.45) is 0. The third-order valence-electron chi connectivity index (χ3n) is 12.9. The van der Waals surface area contributed by atoms with Crippen molar-refractivity contribution in [1.82, 2.24) is 0 Å². The van der Waals surface area contributed by atoms with Crippen LogP contribution in [0.25, 0.3) is 99.5 Å². The molecular weight excluding hydrogens is 799 g/mol. The van der Waals surface area contributed by atoms with Crippen molar-refractivity contribution in [1.29, 1.82) is 0 Å². The summed E-state index contributed by atoms with van der Waals surface area (Å²) in [5.74, 6) is 0. The summed E-state index contributed by atoms with van der Waals surface area (Å²) in [5, 5.41) is 4.77. The van der Waals surface area contributed by atoms with Crippen molar-refractivity contribution < 1.29 is 4.42 Å². The fourth-order valence-corrected chi connectivity index (χ4v) is 9.51. The molecule has 66 heavy (non-hydrogen) atoms. The van der Waals surface area contributed by atoms with Crippen LogP contribution in [0.15, 0.2) is 265 Å². The maximum Gasteiger partial charge on any atom is 0.143 e. The van der Waals surface area contributed by atoms with E-state index in [1.54, 1.807) is 0 Å². The summed E-state index contributed by atoms with van der Waals surface area (Å²) in [5.41, 5.74) is 19.2. The molecule has 0 saturated carbocycles. The number of furan rings is 1. The highest BCUT2D eigenvalue weighted by atomic mass is 16.3. The van der Waals surface area contributed by atoms with Gasteiger partial charge in [0.25, 0.3) is 0 Å². The van der Waals surface area contributed by atoms with Crippen LogP contribution in [0, 0.1) is 0 Å². The molecule has 0 unspecified atom stereocenters. The lowest BCUT2D eigenvalue weighted by molar-refractivity contribution is 0.670. The molecule has 0 amide bonds. The quantitative estimate of drug-likeness (QED) is 0.144. The molecule has 310 valence electrons. The number of anilines is 3. The molecule has 0 saturated heterocycles. The largest absolute Gasteiger partial charge is 0.455 e. The minimum atomic E-state index is 0.902. The first-order chi connectivity index (χ1) is 32.7. The van der Waals surface area contributed by atoms with E-state index in [0.717, 1.165) is 55.7 Å². The molecule has 2 heteroatoms. The number of hydrogen-bond donors (Lipinski definition) is 0. The van der Waals surface area contributed by atoms with Crippen LogP contribution in [-0.4, -0.2) is 0 Å². The van der Waals surface area contributed by atoms with Crippen LogP contribution in [0.4, 0.5) is 17.1 Å². The minimum Gasteiger partial charge on any atom is -0.455 e. The van der Waals surface area contributed by atoms with Gasteiger partial charge in [-0.3, -0.25) is 0 Å². The van der Waals surface area contributed by atoms with Crippen LogP contribution in [0.2, 0.25) is 0 Å². The molecule has 1 heterocycles. The predicted molar refractivity (Wildman–Crippen MR) is 279 cm³/mol. The summed E-state index contributed by atoms with van der Waals surface area (Å²) in [7, 11) is 0. The molecule has 0 bridgehead atoms. The predicted octanol–water partition coefficient (Wildman–Crippen LogP) is 18.2. The van der Waals surface area contributed by atoms with Gasteiger partial charge in [0.05, 0.1) is 0 Å². The zero-order chi connectivity index (χ0) is 43.8. The van der Waals surface area contributed by atoms with Gasteiger partial charge in [-0.2, -0.15) is 0 Å². The van der Waals surface area contributed by atoms with Crippen molar-refractivity contribution in [2.24, 2.45) is 0 Å². The lowest BCUT2D eigenvalue weighted by Crippen LogP contribution is -2.09. The van der Waals surface area contributed by atoms with E-state index in [9.17, 15) is 0 Å². The Labute approximate surface area is 384 Å². The van der Waals surface area contributed by atoms with E-state index in [0.29, 0.717) is 0 Å². The third-order valence-corrected chi connectivity index (χ3v) is 12.9. The zero-order valence-electron chi connectivity index (χ0n) is 36.2. The number of benzene rings is 11. The van der Waals surface area contributed by atoms with Crippen LogP contribution in [-0.2, 0) is 0 Å². The first kappa shape index (κ1) is 38.9. The molecule has 0 N–H and O–H groups in total. The lowest BCUT2D eigenvalue weighted by atomic mass is 9.94. The Morgan fingerprint density at radius 2 is 0.652 bits per heavy atom. The number of nitrogens with zero attached hydrogens (tertiary/aromatic N) is 1. The molecule has 0 atom stereocenters. The van der Waals surface area contributed by atoms with Crippen LogP contribution in [0.3, 0.4) is 0 Å². The van der Waals surface area contributed by atoms with Crippen molar-refractivity contribution >= 4 is 49.8 Å². The van der Waals surface area contributed by atoms with Gasteiger partial charge in [0.1, 0.15) is 11.2 Å². The summed E-state index contributed by atoms with van der Waals surface area (Å²) < 4.78 is 6.44. The van der Waals surface area contributed by atoms with Crippen molar-refractivity contribution in [2.75, 3.05) is 4.90 Å². The number of para-hydroxylation sites is 2. The highest BCUT2D eigenvalue weighted by Crippen LogP contribution is 2.41. The smallest absolute Gasteiger partial charge is 0.143 e. The number of hydrogen-bond acceptors (Lipinski definition) is 2. The maximum atomic E-state index is 6.44. The van der Waals surface area contributed by atoms with Crippen molar-refractivity contribution in [3.05, 3.63) is 261 Å². The summed E-state index contributed by atoms with van der Waals surface area (Å²) in [6, 6.07) is 93.8. The molecule has 11 aromatic carbocycles. The first-order valence-electron chi connectivity index (χ1n) is 22.6.